The summed E-state index contributed by atoms with van der Waals surface area (Å²) in [7, 11) is 1.50. The molecule has 4 N–H and O–H groups in total. The van der Waals surface area contributed by atoms with E-state index in [0.29, 0.717) is 16.8 Å². The molecule has 4 atom stereocenters. The zero-order chi connectivity index (χ0) is 24.4. The lowest BCUT2D eigenvalue weighted by Crippen LogP contribution is -2.53. The lowest BCUT2D eigenvalue weighted by molar-refractivity contribution is -0.143. The number of ether oxygens (including phenoxy) is 1. The van der Waals surface area contributed by atoms with Gasteiger partial charge in [0.25, 0.3) is 0 Å². The summed E-state index contributed by atoms with van der Waals surface area (Å²) in [6.45, 7) is 4.19. The molecule has 2 unspecified atom stereocenters. The van der Waals surface area contributed by atoms with Gasteiger partial charge in [0.05, 0.1) is 25.0 Å². The van der Waals surface area contributed by atoms with Gasteiger partial charge in [-0.25, -0.2) is 0 Å². The summed E-state index contributed by atoms with van der Waals surface area (Å²) in [5.74, 6) is -3.27. The van der Waals surface area contributed by atoms with Crippen LogP contribution >= 0.6 is 0 Å². The van der Waals surface area contributed by atoms with Gasteiger partial charge in [-0.2, -0.15) is 0 Å². The fraction of sp³-hybridized carbons (Fsp3) is 0.400. The average molecular weight is 466 g/mol. The Morgan fingerprint density at radius 1 is 1.06 bits per heavy atom. The van der Waals surface area contributed by atoms with E-state index >= 15 is 0 Å². The first-order valence-electron chi connectivity index (χ1n) is 11.3. The van der Waals surface area contributed by atoms with E-state index in [4.69, 9.17) is 4.74 Å². The first kappa shape index (κ1) is 22.4. The SMILES string of the molecule is COCCN1C(=O)[C@@H]2C(Cc3ccc(O)c(O)c3)NC3(C(=O)Nc4c3ccc(C)c4C)[C@@H]2C1=O. The maximum atomic E-state index is 13.6. The van der Waals surface area contributed by atoms with Crippen molar-refractivity contribution in [1.29, 1.82) is 0 Å². The van der Waals surface area contributed by atoms with E-state index in [1.807, 2.05) is 26.0 Å². The van der Waals surface area contributed by atoms with Crippen LogP contribution in [-0.2, 0) is 31.1 Å². The summed E-state index contributed by atoms with van der Waals surface area (Å²) >= 11 is 0. The number of aromatic hydroxyl groups is 2. The van der Waals surface area contributed by atoms with Gasteiger partial charge in [0, 0.05) is 24.4 Å². The van der Waals surface area contributed by atoms with Gasteiger partial charge in [-0.3, -0.25) is 24.6 Å². The van der Waals surface area contributed by atoms with Crippen molar-refractivity contribution in [1.82, 2.24) is 10.2 Å². The molecule has 3 heterocycles. The Bertz CT molecular complexity index is 1230. The van der Waals surface area contributed by atoms with Crippen LogP contribution in [0.5, 0.6) is 11.5 Å². The molecular weight excluding hydrogens is 438 g/mol. The molecule has 0 aromatic heterocycles. The molecule has 0 radical (unpaired) electrons. The molecule has 3 aliphatic heterocycles. The Balaban J connectivity index is 1.62. The van der Waals surface area contributed by atoms with Crippen molar-refractivity contribution < 1.29 is 29.3 Å². The number of methoxy groups -OCH3 is 1. The van der Waals surface area contributed by atoms with E-state index < -0.39 is 29.3 Å². The number of aryl methyl sites for hydroxylation is 1. The minimum absolute atomic E-state index is 0.116. The third-order valence-corrected chi connectivity index (χ3v) is 7.53. The van der Waals surface area contributed by atoms with Gasteiger partial charge in [-0.1, -0.05) is 18.2 Å². The number of amides is 3. The minimum atomic E-state index is -1.38. The molecule has 3 amide bonds. The highest BCUT2D eigenvalue weighted by Crippen LogP contribution is 2.54. The molecule has 0 bridgehead atoms. The molecule has 3 aliphatic rings. The second-order valence-corrected chi connectivity index (χ2v) is 9.29. The second-order valence-electron chi connectivity index (χ2n) is 9.29. The third-order valence-electron chi connectivity index (χ3n) is 7.53. The zero-order valence-corrected chi connectivity index (χ0v) is 19.2. The van der Waals surface area contributed by atoms with Crippen molar-refractivity contribution in [2.75, 3.05) is 25.6 Å². The number of hydrogen-bond donors (Lipinski definition) is 4. The highest BCUT2D eigenvalue weighted by molar-refractivity contribution is 6.15. The third kappa shape index (κ3) is 2.97. The monoisotopic (exact) mass is 465 g/mol. The van der Waals surface area contributed by atoms with Crippen molar-refractivity contribution >= 4 is 23.4 Å². The van der Waals surface area contributed by atoms with E-state index in [2.05, 4.69) is 10.6 Å². The van der Waals surface area contributed by atoms with Crippen LogP contribution in [-0.4, -0.2) is 59.1 Å². The maximum absolute atomic E-state index is 13.6. The number of benzene rings is 2. The molecule has 0 aliphatic carbocycles. The van der Waals surface area contributed by atoms with Crippen molar-refractivity contribution in [2.45, 2.75) is 31.8 Å². The second kappa shape index (κ2) is 7.82. The number of likely N-dealkylation sites (tertiary alicyclic amines) is 1. The Morgan fingerprint density at radius 2 is 1.82 bits per heavy atom. The van der Waals surface area contributed by atoms with E-state index in [0.717, 1.165) is 11.1 Å². The zero-order valence-electron chi connectivity index (χ0n) is 19.2. The lowest BCUT2D eigenvalue weighted by atomic mass is 9.75. The van der Waals surface area contributed by atoms with Gasteiger partial charge in [0.1, 0.15) is 5.54 Å². The highest BCUT2D eigenvalue weighted by atomic mass is 16.5. The van der Waals surface area contributed by atoms with E-state index in [1.165, 1.54) is 24.1 Å². The molecule has 0 saturated carbocycles. The van der Waals surface area contributed by atoms with Gasteiger partial charge in [-0.15, -0.1) is 0 Å². The fourth-order valence-electron chi connectivity index (χ4n) is 5.71. The molecule has 1 spiro atoms. The van der Waals surface area contributed by atoms with E-state index in [-0.39, 0.29) is 42.9 Å². The Labute approximate surface area is 196 Å². The number of anilines is 1. The van der Waals surface area contributed by atoms with Gasteiger partial charge >= 0.3 is 0 Å². The summed E-state index contributed by atoms with van der Waals surface area (Å²) < 4.78 is 5.10. The van der Waals surface area contributed by atoms with Gasteiger partial charge in [0.15, 0.2) is 11.5 Å². The molecule has 2 fully saturated rings. The number of imide groups is 1. The topological polar surface area (TPSA) is 128 Å². The van der Waals surface area contributed by atoms with Crippen molar-refractivity contribution in [3.05, 3.63) is 52.6 Å². The number of nitrogens with zero attached hydrogens (tertiary/aromatic N) is 1. The summed E-state index contributed by atoms with van der Waals surface area (Å²) in [5, 5.41) is 26.0. The molecule has 178 valence electrons. The van der Waals surface area contributed by atoms with Crippen molar-refractivity contribution in [3.63, 3.8) is 0 Å². The van der Waals surface area contributed by atoms with Crippen molar-refractivity contribution in [3.8, 4) is 11.5 Å². The summed E-state index contributed by atoms with van der Waals surface area (Å²) in [6, 6.07) is 7.68. The number of phenolic OH excluding ortho intramolecular Hbond substituents is 2. The molecule has 9 nitrogen and oxygen atoms in total. The summed E-state index contributed by atoms with van der Waals surface area (Å²) in [5.41, 5.74) is 2.56. The predicted molar refractivity (Wildman–Crippen MR) is 122 cm³/mol. The number of fused-ring (bicyclic) bond motifs is 4. The van der Waals surface area contributed by atoms with Crippen LogP contribution in [0.2, 0.25) is 0 Å². The molecule has 34 heavy (non-hydrogen) atoms. The Kier molecular flexibility index (Phi) is 5.14. The molecule has 9 heteroatoms. The van der Waals surface area contributed by atoms with E-state index in [9.17, 15) is 24.6 Å². The maximum Gasteiger partial charge on any atom is 0.250 e. The lowest BCUT2D eigenvalue weighted by Gasteiger charge is -2.29. The number of nitrogens with one attached hydrogen (secondary N) is 2. The molecule has 5 rings (SSSR count). The number of hydrogen-bond acceptors (Lipinski definition) is 7. The quantitative estimate of drug-likeness (QED) is 0.387. The predicted octanol–water partition coefficient (Wildman–Crippen LogP) is 1.32. The standard InChI is InChI=1S/C25H27N3O6/c1-12-4-6-15-21(13(12)2)26-24(33)25(15)20-19(22(31)28(23(20)32)8-9-34-3)16(27-25)10-14-5-7-17(29)18(30)11-14/h4-7,11,16,19-20,27,29-30H,8-10H2,1-3H3,(H,26,33)/t16?,19-,20+,25?/m1/s1. The summed E-state index contributed by atoms with van der Waals surface area (Å²) in [4.78, 5) is 41.9. The molecule has 2 aromatic rings. The van der Waals surface area contributed by atoms with Crippen LogP contribution in [0.4, 0.5) is 5.69 Å². The fourth-order valence-corrected chi connectivity index (χ4v) is 5.71. The first-order chi connectivity index (χ1) is 16.2. The van der Waals surface area contributed by atoms with Gasteiger partial charge < -0.3 is 20.3 Å². The minimum Gasteiger partial charge on any atom is -0.504 e. The largest absolute Gasteiger partial charge is 0.504 e. The van der Waals surface area contributed by atoms with Crippen LogP contribution < -0.4 is 10.6 Å². The highest BCUT2D eigenvalue weighted by Gasteiger charge is 2.70. The molecule has 2 aromatic carbocycles. The number of carbonyl (C=O) groups is 3. The van der Waals surface area contributed by atoms with Crippen molar-refractivity contribution in [2.24, 2.45) is 11.8 Å². The molecule has 2 saturated heterocycles. The Morgan fingerprint density at radius 3 is 2.53 bits per heavy atom. The number of carbonyl (C=O) groups excluding carboxylic acids is 3. The van der Waals surface area contributed by atoms with Gasteiger partial charge in [-0.05, 0) is 49.1 Å². The van der Waals surface area contributed by atoms with Crippen LogP contribution in [0.25, 0.3) is 0 Å². The van der Waals surface area contributed by atoms with Crippen LogP contribution in [0.15, 0.2) is 30.3 Å². The van der Waals surface area contributed by atoms with Crippen LogP contribution in [0, 0.1) is 25.7 Å². The molecular formula is C25H27N3O6. The smallest absolute Gasteiger partial charge is 0.250 e. The van der Waals surface area contributed by atoms with Gasteiger partial charge in [0.2, 0.25) is 17.7 Å². The average Bonchev–Trinajstić information content (AvgIpc) is 3.37. The first-order valence-corrected chi connectivity index (χ1v) is 11.3. The van der Waals surface area contributed by atoms with Crippen LogP contribution in [0.1, 0.15) is 22.3 Å². The number of phenols is 2. The number of rotatable bonds is 5. The van der Waals surface area contributed by atoms with Crippen LogP contribution in [0.3, 0.4) is 0 Å². The van der Waals surface area contributed by atoms with E-state index in [1.54, 1.807) is 6.07 Å². The summed E-state index contributed by atoms with van der Waals surface area (Å²) in [6.07, 6.45) is 0.279. The Hall–Kier alpha value is -3.43. The normalized spacial score (nSPS) is 27.4.